The first-order valence-corrected chi connectivity index (χ1v) is 5.96. The van der Waals surface area contributed by atoms with Crippen LogP contribution in [0, 0.1) is 5.92 Å². The number of carbonyl (C=O) groups excluding carboxylic acids is 2. The fourth-order valence-electron chi connectivity index (χ4n) is 1.28. The molecule has 0 aromatic heterocycles. The van der Waals surface area contributed by atoms with Crippen LogP contribution in [0.1, 0.15) is 20.3 Å². The van der Waals surface area contributed by atoms with Crippen molar-refractivity contribution in [2.75, 3.05) is 5.32 Å². The summed E-state index contributed by atoms with van der Waals surface area (Å²) in [5, 5.41) is 3.07. The number of halogens is 1. The first-order chi connectivity index (χ1) is 8.47. The van der Waals surface area contributed by atoms with Gasteiger partial charge in [-0.3, -0.25) is 10.2 Å². The van der Waals surface area contributed by atoms with Crippen LogP contribution < -0.4 is 16.2 Å². The van der Waals surface area contributed by atoms with Gasteiger partial charge in [-0.1, -0.05) is 31.5 Å². The van der Waals surface area contributed by atoms with Crippen molar-refractivity contribution in [2.24, 2.45) is 5.92 Å². The number of hydrogen-bond donors (Lipinski definition) is 3. The van der Waals surface area contributed by atoms with Crippen molar-refractivity contribution in [1.29, 1.82) is 0 Å². The molecule has 3 N–H and O–H groups in total. The summed E-state index contributed by atoms with van der Waals surface area (Å²) in [6, 6.07) is 6.21. The average molecular weight is 270 g/mol. The van der Waals surface area contributed by atoms with E-state index in [2.05, 4.69) is 16.2 Å². The van der Waals surface area contributed by atoms with Crippen molar-refractivity contribution in [3.8, 4) is 0 Å². The van der Waals surface area contributed by atoms with Gasteiger partial charge in [-0.05, 0) is 24.1 Å². The highest BCUT2D eigenvalue weighted by Gasteiger charge is 2.06. The van der Waals surface area contributed by atoms with Gasteiger partial charge in [0.15, 0.2) is 0 Å². The van der Waals surface area contributed by atoms with E-state index in [1.165, 1.54) is 0 Å². The van der Waals surface area contributed by atoms with Crippen LogP contribution in [0.5, 0.6) is 0 Å². The topological polar surface area (TPSA) is 70.2 Å². The van der Waals surface area contributed by atoms with E-state index in [0.717, 1.165) is 0 Å². The number of nitrogens with one attached hydrogen (secondary N) is 3. The second kappa shape index (κ2) is 6.86. The Morgan fingerprint density at radius 3 is 2.61 bits per heavy atom. The van der Waals surface area contributed by atoms with Gasteiger partial charge < -0.3 is 5.32 Å². The van der Waals surface area contributed by atoms with Gasteiger partial charge in [0.25, 0.3) is 0 Å². The molecule has 6 heteroatoms. The van der Waals surface area contributed by atoms with Gasteiger partial charge in [0.1, 0.15) is 0 Å². The van der Waals surface area contributed by atoms with Crippen molar-refractivity contribution >= 4 is 29.2 Å². The quantitative estimate of drug-likeness (QED) is 0.738. The molecule has 0 spiro atoms. The lowest BCUT2D eigenvalue weighted by Gasteiger charge is -2.10. The van der Waals surface area contributed by atoms with Gasteiger partial charge in [-0.25, -0.2) is 10.2 Å². The molecule has 5 nitrogen and oxygen atoms in total. The van der Waals surface area contributed by atoms with Crippen LogP contribution in [0.15, 0.2) is 24.3 Å². The standard InChI is InChI=1S/C12H16ClN3O2/c1-8(2)6-11(17)15-16-12(18)14-10-5-3-4-9(13)7-10/h3-5,7-8H,6H2,1-2H3,(H,15,17)(H2,14,16,18). The zero-order valence-corrected chi connectivity index (χ0v) is 11.0. The van der Waals surface area contributed by atoms with Crippen LogP contribution in [0.3, 0.4) is 0 Å². The highest BCUT2D eigenvalue weighted by Crippen LogP contribution is 2.14. The number of amides is 3. The first kappa shape index (κ1) is 14.3. The predicted molar refractivity (Wildman–Crippen MR) is 71.2 cm³/mol. The fraction of sp³-hybridized carbons (Fsp3) is 0.333. The van der Waals surface area contributed by atoms with E-state index in [1.807, 2.05) is 13.8 Å². The summed E-state index contributed by atoms with van der Waals surface area (Å²) in [5.41, 5.74) is 5.13. The van der Waals surface area contributed by atoms with Crippen LogP contribution in [0.4, 0.5) is 10.5 Å². The number of hydrazine groups is 1. The monoisotopic (exact) mass is 269 g/mol. The minimum absolute atomic E-state index is 0.230. The number of benzene rings is 1. The van der Waals surface area contributed by atoms with Crippen LogP contribution in [0.25, 0.3) is 0 Å². The Hall–Kier alpha value is -1.75. The smallest absolute Gasteiger partial charge is 0.307 e. The summed E-state index contributed by atoms with van der Waals surface area (Å²) in [5.74, 6) is 0.00837. The molecule has 0 unspecified atom stereocenters. The van der Waals surface area contributed by atoms with Crippen molar-refractivity contribution < 1.29 is 9.59 Å². The van der Waals surface area contributed by atoms with E-state index < -0.39 is 6.03 Å². The molecule has 18 heavy (non-hydrogen) atoms. The van der Waals surface area contributed by atoms with Crippen molar-refractivity contribution in [2.45, 2.75) is 20.3 Å². The Morgan fingerprint density at radius 1 is 1.28 bits per heavy atom. The number of anilines is 1. The highest BCUT2D eigenvalue weighted by molar-refractivity contribution is 6.30. The maximum absolute atomic E-state index is 11.4. The molecule has 0 saturated carbocycles. The molecule has 98 valence electrons. The molecule has 0 atom stereocenters. The van der Waals surface area contributed by atoms with Crippen LogP contribution in [0.2, 0.25) is 5.02 Å². The van der Waals surface area contributed by atoms with E-state index in [-0.39, 0.29) is 11.8 Å². The van der Waals surface area contributed by atoms with Gasteiger partial charge in [-0.2, -0.15) is 0 Å². The molecule has 1 aromatic carbocycles. The molecular weight excluding hydrogens is 254 g/mol. The summed E-state index contributed by atoms with van der Waals surface area (Å²) in [6.07, 6.45) is 0.359. The van der Waals surface area contributed by atoms with Gasteiger partial charge in [-0.15, -0.1) is 0 Å². The Bertz CT molecular complexity index is 435. The molecule has 0 bridgehead atoms. The lowest BCUT2D eigenvalue weighted by atomic mass is 10.1. The van der Waals surface area contributed by atoms with Crippen molar-refractivity contribution in [1.82, 2.24) is 10.9 Å². The zero-order chi connectivity index (χ0) is 13.5. The van der Waals surface area contributed by atoms with Crippen LogP contribution in [-0.4, -0.2) is 11.9 Å². The van der Waals surface area contributed by atoms with Gasteiger partial charge in [0, 0.05) is 17.1 Å². The molecule has 0 heterocycles. The Balaban J connectivity index is 2.36. The van der Waals surface area contributed by atoms with Gasteiger partial charge in [0.2, 0.25) is 5.91 Å². The molecular formula is C12H16ClN3O2. The predicted octanol–water partition coefficient (Wildman–Crippen LogP) is 2.54. The molecule has 1 rings (SSSR count). The third-order valence-electron chi connectivity index (χ3n) is 1.99. The molecule has 1 aromatic rings. The van der Waals surface area contributed by atoms with Gasteiger partial charge >= 0.3 is 6.03 Å². The summed E-state index contributed by atoms with van der Waals surface area (Å²) in [4.78, 5) is 22.7. The summed E-state index contributed by atoms with van der Waals surface area (Å²) >= 11 is 5.77. The lowest BCUT2D eigenvalue weighted by molar-refractivity contribution is -0.122. The van der Waals surface area contributed by atoms with E-state index in [1.54, 1.807) is 24.3 Å². The van der Waals surface area contributed by atoms with Crippen molar-refractivity contribution in [3.63, 3.8) is 0 Å². The van der Waals surface area contributed by atoms with Gasteiger partial charge in [0.05, 0.1) is 0 Å². The Morgan fingerprint density at radius 2 is 2.00 bits per heavy atom. The van der Waals surface area contributed by atoms with E-state index in [4.69, 9.17) is 11.6 Å². The highest BCUT2D eigenvalue weighted by atomic mass is 35.5. The molecule has 0 saturated heterocycles. The van der Waals surface area contributed by atoms with Crippen LogP contribution >= 0.6 is 11.6 Å². The number of rotatable bonds is 3. The molecule has 0 aliphatic heterocycles. The number of carbonyl (C=O) groups is 2. The summed E-state index contributed by atoms with van der Waals surface area (Å²) < 4.78 is 0. The molecule has 0 radical (unpaired) electrons. The second-order valence-electron chi connectivity index (χ2n) is 4.24. The number of urea groups is 1. The molecule has 0 fully saturated rings. The third-order valence-corrected chi connectivity index (χ3v) is 2.23. The lowest BCUT2D eigenvalue weighted by Crippen LogP contribution is -2.44. The normalized spacial score (nSPS) is 10.0. The molecule has 0 aliphatic carbocycles. The fourth-order valence-corrected chi connectivity index (χ4v) is 1.47. The minimum atomic E-state index is -0.519. The zero-order valence-electron chi connectivity index (χ0n) is 10.3. The SMILES string of the molecule is CC(C)CC(=O)NNC(=O)Nc1cccc(Cl)c1. The average Bonchev–Trinajstić information content (AvgIpc) is 2.25. The van der Waals surface area contributed by atoms with E-state index >= 15 is 0 Å². The van der Waals surface area contributed by atoms with Crippen molar-refractivity contribution in [3.05, 3.63) is 29.3 Å². The minimum Gasteiger partial charge on any atom is -0.307 e. The summed E-state index contributed by atoms with van der Waals surface area (Å²) in [7, 11) is 0. The van der Waals surface area contributed by atoms with E-state index in [9.17, 15) is 9.59 Å². The summed E-state index contributed by atoms with van der Waals surface area (Å²) in [6.45, 7) is 3.84. The van der Waals surface area contributed by atoms with E-state index in [0.29, 0.717) is 17.1 Å². The Labute approximate surface area is 111 Å². The van der Waals surface area contributed by atoms with Crippen LogP contribution in [-0.2, 0) is 4.79 Å². The Kier molecular flexibility index (Phi) is 5.45. The molecule has 3 amide bonds. The number of hydrogen-bond acceptors (Lipinski definition) is 2. The molecule has 0 aliphatic rings. The first-order valence-electron chi connectivity index (χ1n) is 5.59. The maximum Gasteiger partial charge on any atom is 0.337 e. The maximum atomic E-state index is 11.4. The second-order valence-corrected chi connectivity index (χ2v) is 4.67. The largest absolute Gasteiger partial charge is 0.337 e. The third kappa shape index (κ3) is 5.54.